The number of rotatable bonds is 5. The number of nitrogens with zero attached hydrogens (tertiary/aromatic N) is 1. The average molecular weight is 271 g/mol. The first kappa shape index (κ1) is 14.7. The molecule has 0 saturated heterocycles. The number of halogens is 2. The van der Waals surface area contributed by atoms with E-state index in [2.05, 4.69) is 17.2 Å². The normalized spacial score (nSPS) is 10.1. The number of hydrogen-bond donors (Lipinski definition) is 1. The van der Waals surface area contributed by atoms with Gasteiger partial charge in [-0.1, -0.05) is 6.92 Å². The van der Waals surface area contributed by atoms with Crippen LogP contribution in [-0.2, 0) is 6.54 Å². The van der Waals surface area contributed by atoms with Gasteiger partial charge in [0.15, 0.2) is 5.76 Å². The number of hydrogen-bond acceptors (Lipinski definition) is 3. The number of oxazole rings is 1. The highest BCUT2D eigenvalue weighted by Gasteiger charge is 2.05. The summed E-state index contributed by atoms with van der Waals surface area (Å²) in [6, 6.07) is 6.18. The fourth-order valence-electron chi connectivity index (χ4n) is 1.51. The topological polar surface area (TPSA) is 38.1 Å². The molecular formula is C13H16ClFN2O. The van der Waals surface area contributed by atoms with Crippen LogP contribution in [0.1, 0.15) is 19.2 Å². The Kier molecular flexibility index (Phi) is 5.82. The molecule has 0 aliphatic carbocycles. The van der Waals surface area contributed by atoms with E-state index in [4.69, 9.17) is 4.42 Å². The SMILES string of the molecule is CCCNCc1ncc(-c2ccc(F)cc2)o1.Cl. The van der Waals surface area contributed by atoms with Gasteiger partial charge in [0.25, 0.3) is 0 Å². The van der Waals surface area contributed by atoms with E-state index in [1.54, 1.807) is 18.3 Å². The minimum Gasteiger partial charge on any atom is -0.439 e. The number of benzene rings is 1. The Morgan fingerprint density at radius 1 is 1.28 bits per heavy atom. The van der Waals surface area contributed by atoms with Gasteiger partial charge in [-0.25, -0.2) is 9.37 Å². The van der Waals surface area contributed by atoms with Crippen molar-refractivity contribution in [2.75, 3.05) is 6.54 Å². The van der Waals surface area contributed by atoms with Gasteiger partial charge in [0.1, 0.15) is 5.82 Å². The average Bonchev–Trinajstić information content (AvgIpc) is 2.79. The van der Waals surface area contributed by atoms with E-state index in [0.717, 1.165) is 18.5 Å². The zero-order valence-electron chi connectivity index (χ0n) is 10.1. The number of aromatic nitrogens is 1. The first-order valence-electron chi connectivity index (χ1n) is 5.71. The van der Waals surface area contributed by atoms with Crippen LogP contribution in [-0.4, -0.2) is 11.5 Å². The van der Waals surface area contributed by atoms with E-state index in [1.807, 2.05) is 0 Å². The second-order valence-corrected chi connectivity index (χ2v) is 3.80. The van der Waals surface area contributed by atoms with Crippen LogP contribution in [0, 0.1) is 5.82 Å². The summed E-state index contributed by atoms with van der Waals surface area (Å²) < 4.78 is 18.3. The molecule has 1 N–H and O–H groups in total. The first-order chi connectivity index (χ1) is 8.29. The van der Waals surface area contributed by atoms with Gasteiger partial charge >= 0.3 is 0 Å². The van der Waals surface area contributed by atoms with Crippen LogP contribution < -0.4 is 5.32 Å². The van der Waals surface area contributed by atoms with Gasteiger partial charge in [0.2, 0.25) is 5.89 Å². The number of nitrogens with one attached hydrogen (secondary N) is 1. The molecule has 1 aromatic carbocycles. The highest BCUT2D eigenvalue weighted by atomic mass is 35.5. The van der Waals surface area contributed by atoms with E-state index < -0.39 is 0 Å². The van der Waals surface area contributed by atoms with E-state index >= 15 is 0 Å². The molecule has 2 rings (SSSR count). The van der Waals surface area contributed by atoms with Crippen LogP contribution in [0.25, 0.3) is 11.3 Å². The molecule has 18 heavy (non-hydrogen) atoms. The summed E-state index contributed by atoms with van der Waals surface area (Å²) in [7, 11) is 0. The zero-order chi connectivity index (χ0) is 12.1. The van der Waals surface area contributed by atoms with Gasteiger partial charge in [-0.15, -0.1) is 12.4 Å². The maximum Gasteiger partial charge on any atom is 0.208 e. The molecule has 0 amide bonds. The molecule has 0 aliphatic rings. The molecule has 2 aromatic rings. The van der Waals surface area contributed by atoms with E-state index in [0.29, 0.717) is 18.2 Å². The minimum atomic E-state index is -0.252. The summed E-state index contributed by atoms with van der Waals surface area (Å²) in [6.07, 6.45) is 2.74. The molecule has 0 spiro atoms. The molecule has 1 aromatic heterocycles. The predicted molar refractivity (Wildman–Crippen MR) is 71.1 cm³/mol. The summed E-state index contributed by atoms with van der Waals surface area (Å²) >= 11 is 0. The van der Waals surface area contributed by atoms with Crippen LogP contribution in [0.2, 0.25) is 0 Å². The summed E-state index contributed by atoms with van der Waals surface area (Å²) in [5, 5.41) is 3.21. The monoisotopic (exact) mass is 270 g/mol. The fraction of sp³-hybridized carbons (Fsp3) is 0.308. The van der Waals surface area contributed by atoms with Crippen molar-refractivity contribution in [1.29, 1.82) is 0 Å². The lowest BCUT2D eigenvalue weighted by Crippen LogP contribution is -2.13. The van der Waals surface area contributed by atoms with Crippen molar-refractivity contribution in [3.8, 4) is 11.3 Å². The third kappa shape index (κ3) is 3.82. The largest absolute Gasteiger partial charge is 0.439 e. The first-order valence-corrected chi connectivity index (χ1v) is 5.71. The minimum absolute atomic E-state index is 0. The van der Waals surface area contributed by atoms with Crippen molar-refractivity contribution in [3.63, 3.8) is 0 Å². The zero-order valence-corrected chi connectivity index (χ0v) is 11.0. The van der Waals surface area contributed by atoms with Crippen LogP contribution in [0.3, 0.4) is 0 Å². The van der Waals surface area contributed by atoms with Gasteiger partial charge in [-0.2, -0.15) is 0 Å². The van der Waals surface area contributed by atoms with Gasteiger partial charge in [-0.05, 0) is 37.2 Å². The molecule has 3 nitrogen and oxygen atoms in total. The Morgan fingerprint density at radius 2 is 2.00 bits per heavy atom. The molecular weight excluding hydrogens is 255 g/mol. The third-order valence-corrected chi connectivity index (χ3v) is 2.39. The summed E-state index contributed by atoms with van der Waals surface area (Å²) in [5.74, 6) is 1.06. The smallest absolute Gasteiger partial charge is 0.208 e. The van der Waals surface area contributed by atoms with Crippen LogP contribution >= 0.6 is 12.4 Å². The fourth-order valence-corrected chi connectivity index (χ4v) is 1.51. The summed E-state index contributed by atoms with van der Waals surface area (Å²) in [5.41, 5.74) is 0.834. The van der Waals surface area contributed by atoms with Crippen molar-refractivity contribution < 1.29 is 8.81 Å². The van der Waals surface area contributed by atoms with Crippen LogP contribution in [0.4, 0.5) is 4.39 Å². The lowest BCUT2D eigenvalue weighted by Gasteiger charge is -1.98. The van der Waals surface area contributed by atoms with Gasteiger partial charge < -0.3 is 9.73 Å². The van der Waals surface area contributed by atoms with Crippen molar-refractivity contribution in [2.45, 2.75) is 19.9 Å². The quantitative estimate of drug-likeness (QED) is 0.846. The molecule has 5 heteroatoms. The molecule has 0 radical (unpaired) electrons. The Morgan fingerprint density at radius 3 is 2.67 bits per heavy atom. The van der Waals surface area contributed by atoms with Crippen LogP contribution in [0.5, 0.6) is 0 Å². The predicted octanol–water partition coefficient (Wildman–Crippen LogP) is 3.40. The summed E-state index contributed by atoms with van der Waals surface area (Å²) in [6.45, 7) is 3.66. The molecule has 0 aliphatic heterocycles. The molecule has 0 bridgehead atoms. The molecule has 1 heterocycles. The molecule has 0 atom stereocenters. The van der Waals surface area contributed by atoms with Gasteiger partial charge in [0.05, 0.1) is 12.7 Å². The Labute approximate surface area is 112 Å². The van der Waals surface area contributed by atoms with Crippen molar-refractivity contribution in [2.24, 2.45) is 0 Å². The van der Waals surface area contributed by atoms with Crippen LogP contribution in [0.15, 0.2) is 34.9 Å². The second kappa shape index (κ2) is 7.13. The standard InChI is InChI=1S/C13H15FN2O.ClH/c1-2-7-15-9-13-16-8-12(17-13)10-3-5-11(14)6-4-10;/h3-6,8,15H,2,7,9H2,1H3;1H. The van der Waals surface area contributed by atoms with E-state index in [-0.39, 0.29) is 18.2 Å². The van der Waals surface area contributed by atoms with Crippen molar-refractivity contribution in [1.82, 2.24) is 10.3 Å². The summed E-state index contributed by atoms with van der Waals surface area (Å²) in [4.78, 5) is 4.16. The second-order valence-electron chi connectivity index (χ2n) is 3.80. The lowest BCUT2D eigenvalue weighted by atomic mass is 10.2. The Bertz CT molecular complexity index is 470. The van der Waals surface area contributed by atoms with Gasteiger partial charge in [-0.3, -0.25) is 0 Å². The Balaban J connectivity index is 0.00000162. The highest BCUT2D eigenvalue weighted by Crippen LogP contribution is 2.20. The van der Waals surface area contributed by atoms with E-state index in [9.17, 15) is 4.39 Å². The lowest BCUT2D eigenvalue weighted by molar-refractivity contribution is 0.478. The highest BCUT2D eigenvalue weighted by molar-refractivity contribution is 5.85. The third-order valence-electron chi connectivity index (χ3n) is 2.39. The Hall–Kier alpha value is -1.39. The molecule has 0 saturated carbocycles. The molecule has 0 unspecified atom stereocenters. The maximum absolute atomic E-state index is 12.8. The van der Waals surface area contributed by atoms with E-state index in [1.165, 1.54) is 12.1 Å². The van der Waals surface area contributed by atoms with Crippen molar-refractivity contribution in [3.05, 3.63) is 42.2 Å². The molecule has 98 valence electrons. The molecule has 0 fully saturated rings. The van der Waals surface area contributed by atoms with Gasteiger partial charge in [0, 0.05) is 5.56 Å². The maximum atomic E-state index is 12.8. The van der Waals surface area contributed by atoms with Crippen molar-refractivity contribution >= 4 is 12.4 Å².